The molecule has 0 saturated carbocycles. The summed E-state index contributed by atoms with van der Waals surface area (Å²) in [5, 5.41) is 10.9. The van der Waals surface area contributed by atoms with Crippen LogP contribution in [0.25, 0.3) is 0 Å². The number of aliphatic hydroxyl groups is 1. The molecule has 0 radical (unpaired) electrons. The highest BCUT2D eigenvalue weighted by molar-refractivity contribution is 9.10. The Kier molecular flexibility index (Phi) is 5.15. The Hall–Kier alpha value is -0.800. The molecule has 0 aliphatic heterocycles. The lowest BCUT2D eigenvalue weighted by Crippen LogP contribution is -2.24. The second-order valence-electron chi connectivity index (χ2n) is 4.41. The minimum Gasteiger partial charge on any atom is -0.392 e. The van der Waals surface area contributed by atoms with Crippen molar-refractivity contribution in [1.82, 2.24) is 4.72 Å². The molecule has 0 spiro atoms. The molecular weight excluding hydrogens is 381 g/mol. The van der Waals surface area contributed by atoms with Crippen LogP contribution < -0.4 is 4.72 Å². The maximum Gasteiger partial charge on any atom is 0.241 e. The molecule has 2 N–H and O–H groups in total. The Morgan fingerprint density at radius 3 is 2.67 bits per heavy atom. The third-order valence-corrected chi connectivity index (χ3v) is 6.11. The van der Waals surface area contributed by atoms with Crippen molar-refractivity contribution >= 4 is 37.3 Å². The molecule has 1 heterocycles. The van der Waals surface area contributed by atoms with Crippen molar-refractivity contribution in [3.8, 4) is 0 Å². The molecule has 4 nitrogen and oxygen atoms in total. The van der Waals surface area contributed by atoms with E-state index in [2.05, 4.69) is 20.7 Å². The van der Waals surface area contributed by atoms with E-state index in [1.807, 2.05) is 11.4 Å². The van der Waals surface area contributed by atoms with E-state index in [1.165, 1.54) is 24.3 Å². The fourth-order valence-corrected chi connectivity index (χ4v) is 4.56. The van der Waals surface area contributed by atoms with Crippen LogP contribution in [0, 0.1) is 12.7 Å². The van der Waals surface area contributed by atoms with E-state index in [0.29, 0.717) is 0 Å². The minimum atomic E-state index is -3.84. The average Bonchev–Trinajstić information content (AvgIpc) is 2.85. The Balaban J connectivity index is 2.29. The second kappa shape index (κ2) is 6.53. The summed E-state index contributed by atoms with van der Waals surface area (Å²) >= 11 is 4.71. The van der Waals surface area contributed by atoms with Crippen LogP contribution in [0.5, 0.6) is 0 Å². The maximum atomic E-state index is 13.7. The Labute approximate surface area is 134 Å². The molecule has 21 heavy (non-hydrogen) atoms. The number of aliphatic hydroxyl groups excluding tert-OH is 1. The van der Waals surface area contributed by atoms with Crippen molar-refractivity contribution in [2.45, 2.75) is 25.0 Å². The first-order valence-electron chi connectivity index (χ1n) is 5.96. The van der Waals surface area contributed by atoms with Gasteiger partial charge in [0.15, 0.2) is 0 Å². The molecular formula is C13H13BrFNO3S2. The summed E-state index contributed by atoms with van der Waals surface area (Å²) < 4.78 is 41.6. The SMILES string of the molecule is Cc1c(F)cc(CO)cc1S(=O)(=O)NCc1cc(Br)cs1. The third-order valence-electron chi connectivity index (χ3n) is 2.89. The molecule has 1 aromatic carbocycles. The van der Waals surface area contributed by atoms with E-state index in [-0.39, 0.29) is 22.6 Å². The van der Waals surface area contributed by atoms with Gasteiger partial charge in [0.1, 0.15) is 5.82 Å². The Morgan fingerprint density at radius 1 is 1.38 bits per heavy atom. The van der Waals surface area contributed by atoms with E-state index in [1.54, 1.807) is 0 Å². The first-order chi connectivity index (χ1) is 9.83. The summed E-state index contributed by atoms with van der Waals surface area (Å²) in [4.78, 5) is 0.684. The lowest BCUT2D eigenvalue weighted by molar-refractivity contribution is 0.281. The van der Waals surface area contributed by atoms with Gasteiger partial charge in [-0.15, -0.1) is 11.3 Å². The van der Waals surface area contributed by atoms with Crippen LogP contribution in [0.2, 0.25) is 0 Å². The number of rotatable bonds is 5. The number of hydrogen-bond donors (Lipinski definition) is 2. The van der Waals surface area contributed by atoms with E-state index in [0.717, 1.165) is 15.4 Å². The fraction of sp³-hybridized carbons (Fsp3) is 0.231. The van der Waals surface area contributed by atoms with Crippen LogP contribution in [-0.2, 0) is 23.2 Å². The van der Waals surface area contributed by atoms with Gasteiger partial charge >= 0.3 is 0 Å². The molecule has 8 heteroatoms. The van der Waals surface area contributed by atoms with Crippen molar-refractivity contribution in [2.75, 3.05) is 0 Å². The van der Waals surface area contributed by atoms with Gasteiger partial charge in [-0.2, -0.15) is 0 Å². The van der Waals surface area contributed by atoms with Crippen LogP contribution >= 0.6 is 27.3 Å². The van der Waals surface area contributed by atoms with Gasteiger partial charge in [-0.25, -0.2) is 17.5 Å². The maximum absolute atomic E-state index is 13.7. The minimum absolute atomic E-state index is 0.0343. The van der Waals surface area contributed by atoms with Crippen molar-refractivity contribution < 1.29 is 17.9 Å². The first kappa shape index (κ1) is 16.6. The summed E-state index contributed by atoms with van der Waals surface area (Å²) in [6.07, 6.45) is 0. The predicted molar refractivity (Wildman–Crippen MR) is 83.1 cm³/mol. The number of sulfonamides is 1. The molecule has 0 bridgehead atoms. The highest BCUT2D eigenvalue weighted by atomic mass is 79.9. The van der Waals surface area contributed by atoms with E-state index in [9.17, 15) is 12.8 Å². The zero-order valence-corrected chi connectivity index (χ0v) is 14.3. The normalized spacial score (nSPS) is 11.8. The lowest BCUT2D eigenvalue weighted by atomic mass is 10.1. The summed E-state index contributed by atoms with van der Waals surface area (Å²) in [5.74, 6) is -0.652. The number of benzene rings is 1. The van der Waals surface area contributed by atoms with Gasteiger partial charge in [-0.3, -0.25) is 0 Å². The number of nitrogens with one attached hydrogen (secondary N) is 1. The van der Waals surface area contributed by atoms with Gasteiger partial charge in [0, 0.05) is 26.8 Å². The number of hydrogen-bond acceptors (Lipinski definition) is 4. The highest BCUT2D eigenvalue weighted by Gasteiger charge is 2.20. The van der Waals surface area contributed by atoms with E-state index in [4.69, 9.17) is 5.11 Å². The summed E-state index contributed by atoms with van der Waals surface area (Å²) in [6.45, 7) is 1.10. The van der Waals surface area contributed by atoms with Crippen LogP contribution in [-0.4, -0.2) is 13.5 Å². The summed E-state index contributed by atoms with van der Waals surface area (Å²) in [7, 11) is -3.84. The number of halogens is 2. The first-order valence-corrected chi connectivity index (χ1v) is 9.11. The molecule has 1 aromatic heterocycles. The van der Waals surface area contributed by atoms with Gasteiger partial charge in [0.2, 0.25) is 10.0 Å². The van der Waals surface area contributed by atoms with Crippen LogP contribution in [0.3, 0.4) is 0 Å². The van der Waals surface area contributed by atoms with Gasteiger partial charge < -0.3 is 5.11 Å². The summed E-state index contributed by atoms with van der Waals surface area (Å²) in [5.41, 5.74) is 0.254. The Bertz CT molecular complexity index is 759. The molecule has 2 aromatic rings. The van der Waals surface area contributed by atoms with E-state index >= 15 is 0 Å². The monoisotopic (exact) mass is 393 g/mol. The molecule has 114 valence electrons. The van der Waals surface area contributed by atoms with Crippen LogP contribution in [0.4, 0.5) is 4.39 Å². The smallest absolute Gasteiger partial charge is 0.241 e. The molecule has 0 aliphatic carbocycles. The van der Waals surface area contributed by atoms with Gasteiger partial charge in [-0.1, -0.05) is 0 Å². The number of thiophene rings is 1. The topological polar surface area (TPSA) is 66.4 Å². The van der Waals surface area contributed by atoms with Crippen LogP contribution in [0.1, 0.15) is 16.0 Å². The third kappa shape index (κ3) is 3.89. The van der Waals surface area contributed by atoms with Gasteiger partial charge in [-0.05, 0) is 46.6 Å². The predicted octanol–water partition coefficient (Wildman–Crippen LogP) is 2.93. The highest BCUT2D eigenvalue weighted by Crippen LogP contribution is 2.23. The fourth-order valence-electron chi connectivity index (χ4n) is 1.77. The second-order valence-corrected chi connectivity index (χ2v) is 8.06. The summed E-state index contributed by atoms with van der Waals surface area (Å²) in [6, 6.07) is 4.22. The largest absolute Gasteiger partial charge is 0.392 e. The van der Waals surface area contributed by atoms with Crippen molar-refractivity contribution in [3.63, 3.8) is 0 Å². The molecule has 0 atom stereocenters. The zero-order chi connectivity index (χ0) is 15.6. The lowest BCUT2D eigenvalue weighted by Gasteiger charge is -2.11. The van der Waals surface area contributed by atoms with Crippen molar-refractivity contribution in [3.05, 3.63) is 49.9 Å². The Morgan fingerprint density at radius 2 is 2.10 bits per heavy atom. The van der Waals surface area contributed by atoms with Gasteiger partial charge in [0.25, 0.3) is 0 Å². The average molecular weight is 394 g/mol. The van der Waals surface area contributed by atoms with Crippen molar-refractivity contribution in [1.29, 1.82) is 0 Å². The quantitative estimate of drug-likeness (QED) is 0.820. The molecule has 0 amide bonds. The molecule has 0 aliphatic rings. The van der Waals surface area contributed by atoms with Gasteiger partial charge in [0.05, 0.1) is 11.5 Å². The van der Waals surface area contributed by atoms with Crippen LogP contribution in [0.15, 0.2) is 32.9 Å². The van der Waals surface area contributed by atoms with E-state index < -0.39 is 22.4 Å². The zero-order valence-electron chi connectivity index (χ0n) is 11.1. The molecule has 0 fully saturated rings. The molecule has 2 rings (SSSR count). The molecule has 0 unspecified atom stereocenters. The molecule has 0 saturated heterocycles. The standard InChI is InChI=1S/C13H13BrFNO3S2/c1-8-12(15)2-9(6-17)3-13(8)21(18,19)16-5-11-4-10(14)7-20-11/h2-4,7,16-17H,5-6H2,1H3. The van der Waals surface area contributed by atoms with Crippen molar-refractivity contribution in [2.24, 2.45) is 0 Å².